The highest BCUT2D eigenvalue weighted by Gasteiger charge is 2.12. The molecule has 0 saturated heterocycles. The Hall–Kier alpha value is -1.11. The summed E-state index contributed by atoms with van der Waals surface area (Å²) in [6.45, 7) is 4.79. The van der Waals surface area contributed by atoms with Crippen LogP contribution in [0, 0.1) is 4.77 Å². The summed E-state index contributed by atoms with van der Waals surface area (Å²) in [5.41, 5.74) is 2.03. The molecule has 2 aromatic heterocycles. The number of H-pyrrole nitrogens is 1. The Morgan fingerprint density at radius 1 is 1.38 bits per heavy atom. The Labute approximate surface area is 140 Å². The number of para-hydroxylation sites is 1. The molecule has 0 unspecified atom stereocenters. The number of imidazole rings is 1. The summed E-state index contributed by atoms with van der Waals surface area (Å²) in [4.78, 5) is 4.53. The first-order valence-electron chi connectivity index (χ1n) is 6.66. The van der Waals surface area contributed by atoms with E-state index in [1.807, 2.05) is 26.0 Å². The molecule has 3 nitrogen and oxygen atoms in total. The van der Waals surface area contributed by atoms with Crippen molar-refractivity contribution in [3.05, 3.63) is 43.8 Å². The Morgan fingerprint density at radius 2 is 2.19 bits per heavy atom. The molecular formula is C15H15BrN2OS2. The molecule has 0 aliphatic carbocycles. The summed E-state index contributed by atoms with van der Waals surface area (Å²) in [5, 5.41) is 2.07. The number of hydrogen-bond donors (Lipinski definition) is 1. The van der Waals surface area contributed by atoms with Crippen LogP contribution in [-0.2, 0) is 6.54 Å². The maximum atomic E-state index is 5.86. The number of aromatic nitrogens is 2. The van der Waals surface area contributed by atoms with E-state index >= 15 is 0 Å². The molecule has 0 radical (unpaired) electrons. The fourth-order valence-corrected chi connectivity index (χ4v) is 3.98. The van der Waals surface area contributed by atoms with Crippen LogP contribution in [0.2, 0.25) is 0 Å². The first kappa shape index (κ1) is 14.8. The SMILES string of the molecule is CC(C)Oc1cccc2c1[nH]c(=S)n2Cc1sccc1Br. The van der Waals surface area contributed by atoms with Crippen molar-refractivity contribution in [2.75, 3.05) is 0 Å². The van der Waals surface area contributed by atoms with Gasteiger partial charge in [0.15, 0.2) is 4.77 Å². The van der Waals surface area contributed by atoms with E-state index in [0.717, 1.165) is 27.8 Å². The minimum absolute atomic E-state index is 0.132. The molecule has 0 atom stereocenters. The normalized spacial score (nSPS) is 11.4. The summed E-state index contributed by atoms with van der Waals surface area (Å²) in [6, 6.07) is 8.10. The molecule has 0 bridgehead atoms. The maximum absolute atomic E-state index is 5.86. The van der Waals surface area contributed by atoms with Gasteiger partial charge in [-0.25, -0.2) is 0 Å². The molecule has 3 rings (SSSR count). The molecule has 6 heteroatoms. The van der Waals surface area contributed by atoms with E-state index in [9.17, 15) is 0 Å². The van der Waals surface area contributed by atoms with E-state index in [0.29, 0.717) is 4.77 Å². The first-order valence-corrected chi connectivity index (χ1v) is 8.74. The Kier molecular flexibility index (Phi) is 4.19. The third kappa shape index (κ3) is 2.93. The molecule has 3 aromatic rings. The van der Waals surface area contributed by atoms with Crippen LogP contribution in [0.5, 0.6) is 5.75 Å². The Balaban J connectivity index is 2.10. The summed E-state index contributed by atoms with van der Waals surface area (Å²) in [7, 11) is 0. The van der Waals surface area contributed by atoms with Crippen LogP contribution in [0.1, 0.15) is 18.7 Å². The summed E-state index contributed by atoms with van der Waals surface area (Å²) < 4.78 is 9.80. The number of rotatable bonds is 4. The molecule has 0 fully saturated rings. The highest BCUT2D eigenvalue weighted by molar-refractivity contribution is 9.10. The lowest BCUT2D eigenvalue weighted by atomic mass is 10.3. The number of benzene rings is 1. The van der Waals surface area contributed by atoms with Gasteiger partial charge in [-0.1, -0.05) is 6.07 Å². The molecule has 21 heavy (non-hydrogen) atoms. The second-order valence-electron chi connectivity index (χ2n) is 5.02. The number of aromatic amines is 1. The topological polar surface area (TPSA) is 29.9 Å². The van der Waals surface area contributed by atoms with Crippen molar-refractivity contribution >= 4 is 50.5 Å². The summed E-state index contributed by atoms with van der Waals surface area (Å²) >= 11 is 10.8. The molecule has 1 N–H and O–H groups in total. The largest absolute Gasteiger partial charge is 0.489 e. The monoisotopic (exact) mass is 382 g/mol. The van der Waals surface area contributed by atoms with Gasteiger partial charge in [0.1, 0.15) is 11.3 Å². The quantitative estimate of drug-likeness (QED) is 0.615. The standard InChI is InChI=1S/C15H15BrN2OS2/c1-9(2)19-12-5-3-4-11-14(12)17-15(20)18(11)8-13-10(16)6-7-21-13/h3-7,9H,8H2,1-2H3,(H,17,20). The molecular weight excluding hydrogens is 368 g/mol. The van der Waals surface area contributed by atoms with Gasteiger partial charge in [-0.05, 0) is 65.6 Å². The van der Waals surface area contributed by atoms with Crippen molar-refractivity contribution in [2.45, 2.75) is 26.5 Å². The van der Waals surface area contributed by atoms with Crippen molar-refractivity contribution in [1.82, 2.24) is 9.55 Å². The van der Waals surface area contributed by atoms with Crippen LogP contribution < -0.4 is 4.74 Å². The molecule has 0 saturated carbocycles. The number of ether oxygens (including phenoxy) is 1. The van der Waals surface area contributed by atoms with E-state index < -0.39 is 0 Å². The van der Waals surface area contributed by atoms with Gasteiger partial charge in [-0.3, -0.25) is 0 Å². The lowest BCUT2D eigenvalue weighted by molar-refractivity contribution is 0.245. The van der Waals surface area contributed by atoms with Crippen LogP contribution >= 0.6 is 39.5 Å². The van der Waals surface area contributed by atoms with E-state index in [1.54, 1.807) is 11.3 Å². The molecule has 110 valence electrons. The number of halogens is 1. The van der Waals surface area contributed by atoms with Crippen LogP contribution in [0.15, 0.2) is 34.1 Å². The van der Waals surface area contributed by atoms with Crippen molar-refractivity contribution < 1.29 is 4.74 Å². The Bertz CT molecular complexity index is 832. The highest BCUT2D eigenvalue weighted by atomic mass is 79.9. The fraction of sp³-hybridized carbons (Fsp3) is 0.267. The van der Waals surface area contributed by atoms with E-state index in [2.05, 4.69) is 43.0 Å². The van der Waals surface area contributed by atoms with Crippen LogP contribution in [0.25, 0.3) is 11.0 Å². The van der Waals surface area contributed by atoms with Crippen LogP contribution in [-0.4, -0.2) is 15.7 Å². The average molecular weight is 383 g/mol. The minimum atomic E-state index is 0.132. The molecule has 1 aromatic carbocycles. The zero-order valence-electron chi connectivity index (χ0n) is 11.7. The molecule has 0 aliphatic heterocycles. The summed E-state index contributed by atoms with van der Waals surface area (Å²) in [6.07, 6.45) is 0.132. The lowest BCUT2D eigenvalue weighted by Gasteiger charge is -2.10. The van der Waals surface area contributed by atoms with Crippen molar-refractivity contribution in [3.8, 4) is 5.75 Å². The third-order valence-electron chi connectivity index (χ3n) is 3.13. The van der Waals surface area contributed by atoms with Gasteiger partial charge in [0.05, 0.1) is 18.2 Å². The molecule has 0 aliphatic rings. The number of hydrogen-bond acceptors (Lipinski definition) is 3. The fourth-order valence-electron chi connectivity index (χ4n) is 2.24. The third-order valence-corrected chi connectivity index (χ3v) is 5.36. The predicted octanol–water partition coefficient (Wildman–Crippen LogP) is 5.36. The lowest BCUT2D eigenvalue weighted by Crippen LogP contribution is -2.05. The number of nitrogens with one attached hydrogen (secondary N) is 1. The zero-order valence-corrected chi connectivity index (χ0v) is 14.9. The number of fused-ring (bicyclic) bond motifs is 1. The second-order valence-corrected chi connectivity index (χ2v) is 7.27. The second kappa shape index (κ2) is 5.94. The van der Waals surface area contributed by atoms with Gasteiger partial charge in [0.25, 0.3) is 0 Å². The van der Waals surface area contributed by atoms with Crippen molar-refractivity contribution in [2.24, 2.45) is 0 Å². The molecule has 2 heterocycles. The van der Waals surface area contributed by atoms with Crippen molar-refractivity contribution in [3.63, 3.8) is 0 Å². The number of nitrogens with zero attached hydrogens (tertiary/aromatic N) is 1. The smallest absolute Gasteiger partial charge is 0.178 e. The minimum Gasteiger partial charge on any atom is -0.489 e. The van der Waals surface area contributed by atoms with Gasteiger partial charge in [0.2, 0.25) is 0 Å². The van der Waals surface area contributed by atoms with E-state index in [1.165, 1.54) is 4.88 Å². The van der Waals surface area contributed by atoms with Gasteiger partial charge in [-0.15, -0.1) is 11.3 Å². The van der Waals surface area contributed by atoms with Crippen molar-refractivity contribution in [1.29, 1.82) is 0 Å². The number of thiophene rings is 1. The Morgan fingerprint density at radius 3 is 2.86 bits per heavy atom. The van der Waals surface area contributed by atoms with E-state index in [4.69, 9.17) is 17.0 Å². The first-order chi connectivity index (χ1) is 10.1. The molecule has 0 amide bonds. The average Bonchev–Trinajstić information content (AvgIpc) is 2.96. The van der Waals surface area contributed by atoms with Gasteiger partial charge >= 0.3 is 0 Å². The highest BCUT2D eigenvalue weighted by Crippen LogP contribution is 2.29. The van der Waals surface area contributed by atoms with Crippen LogP contribution in [0.4, 0.5) is 0 Å². The molecule has 0 spiro atoms. The zero-order chi connectivity index (χ0) is 15.0. The van der Waals surface area contributed by atoms with E-state index in [-0.39, 0.29) is 6.10 Å². The van der Waals surface area contributed by atoms with Gasteiger partial charge in [0, 0.05) is 9.35 Å². The summed E-state index contributed by atoms with van der Waals surface area (Å²) in [5.74, 6) is 0.845. The predicted molar refractivity (Wildman–Crippen MR) is 94.0 cm³/mol. The van der Waals surface area contributed by atoms with Crippen LogP contribution in [0.3, 0.4) is 0 Å². The maximum Gasteiger partial charge on any atom is 0.178 e. The van der Waals surface area contributed by atoms with Gasteiger partial charge in [-0.2, -0.15) is 0 Å². The van der Waals surface area contributed by atoms with Gasteiger partial charge < -0.3 is 14.3 Å².